The monoisotopic (exact) mass is 354 g/mol. The molecule has 1 saturated heterocycles. The maximum absolute atomic E-state index is 14.5. The van der Waals surface area contributed by atoms with Gasteiger partial charge in [-0.3, -0.25) is 4.90 Å². The summed E-state index contributed by atoms with van der Waals surface area (Å²) in [7, 11) is 0. The second kappa shape index (κ2) is 6.35. The molecule has 106 valence electrons. The lowest BCUT2D eigenvalue weighted by Gasteiger charge is -2.35. The van der Waals surface area contributed by atoms with Crippen molar-refractivity contribution in [3.63, 3.8) is 0 Å². The van der Waals surface area contributed by atoms with Crippen molar-refractivity contribution in [2.24, 2.45) is 0 Å². The van der Waals surface area contributed by atoms with Gasteiger partial charge in [0.15, 0.2) is 0 Å². The molecule has 1 aromatic heterocycles. The molecule has 5 heteroatoms. The summed E-state index contributed by atoms with van der Waals surface area (Å²) in [5.41, 5.74) is 0.753. The van der Waals surface area contributed by atoms with Gasteiger partial charge in [-0.25, -0.2) is 4.39 Å². The third-order valence-corrected chi connectivity index (χ3v) is 5.14. The minimum absolute atomic E-state index is 0.00889. The number of hydrogen-bond acceptors (Lipinski definition) is 3. The fourth-order valence-corrected chi connectivity index (χ4v) is 3.91. The molecule has 1 N–H and O–H groups in total. The highest BCUT2D eigenvalue weighted by atomic mass is 79.9. The lowest BCUT2D eigenvalue weighted by molar-refractivity contribution is 0.197. The van der Waals surface area contributed by atoms with Gasteiger partial charge < -0.3 is 5.32 Å². The maximum Gasteiger partial charge on any atom is 0.142 e. The number of benzene rings is 1. The van der Waals surface area contributed by atoms with Crippen LogP contribution in [-0.2, 0) is 0 Å². The second-order valence-corrected chi connectivity index (χ2v) is 6.68. The normalized spacial score (nSPS) is 18.1. The molecule has 0 amide bonds. The highest BCUT2D eigenvalue weighted by molar-refractivity contribution is 9.10. The summed E-state index contributed by atoms with van der Waals surface area (Å²) in [6, 6.07) is 9.69. The molecular formula is C15H16BrFN2S. The SMILES string of the molecule is Fc1c(Br)cccc1[C@H](c1cccs1)N1CCNCC1. The molecule has 0 saturated carbocycles. The van der Waals surface area contributed by atoms with Gasteiger partial charge in [0.1, 0.15) is 5.82 Å². The molecule has 2 heterocycles. The van der Waals surface area contributed by atoms with Crippen molar-refractivity contribution in [3.8, 4) is 0 Å². The van der Waals surface area contributed by atoms with E-state index in [1.54, 1.807) is 17.4 Å². The predicted molar refractivity (Wildman–Crippen MR) is 84.7 cm³/mol. The van der Waals surface area contributed by atoms with Gasteiger partial charge in [-0.05, 0) is 33.4 Å². The fourth-order valence-electron chi connectivity index (χ4n) is 2.65. The lowest BCUT2D eigenvalue weighted by Crippen LogP contribution is -2.45. The highest BCUT2D eigenvalue weighted by Crippen LogP contribution is 2.35. The van der Waals surface area contributed by atoms with Crippen molar-refractivity contribution in [3.05, 3.63) is 56.4 Å². The predicted octanol–water partition coefficient (Wildman–Crippen LogP) is 3.64. The number of piperazine rings is 1. The van der Waals surface area contributed by atoms with E-state index in [0.717, 1.165) is 31.7 Å². The Morgan fingerprint density at radius 2 is 2.00 bits per heavy atom. The number of rotatable bonds is 3. The van der Waals surface area contributed by atoms with Crippen molar-refractivity contribution < 1.29 is 4.39 Å². The average molecular weight is 355 g/mol. The third-order valence-electron chi connectivity index (χ3n) is 3.61. The summed E-state index contributed by atoms with van der Waals surface area (Å²) >= 11 is 4.99. The van der Waals surface area contributed by atoms with Gasteiger partial charge in [0, 0.05) is 36.6 Å². The minimum Gasteiger partial charge on any atom is -0.314 e. The van der Waals surface area contributed by atoms with E-state index < -0.39 is 0 Å². The van der Waals surface area contributed by atoms with Crippen molar-refractivity contribution in [1.29, 1.82) is 0 Å². The molecule has 0 bridgehead atoms. The number of hydrogen-bond donors (Lipinski definition) is 1. The van der Waals surface area contributed by atoms with E-state index in [-0.39, 0.29) is 11.9 Å². The summed E-state index contributed by atoms with van der Waals surface area (Å²) in [5.74, 6) is -0.149. The van der Waals surface area contributed by atoms with E-state index in [0.29, 0.717) is 4.47 Å². The first kappa shape index (κ1) is 14.2. The van der Waals surface area contributed by atoms with Crippen LogP contribution in [0.3, 0.4) is 0 Å². The Balaban J connectivity index is 2.03. The zero-order chi connectivity index (χ0) is 13.9. The van der Waals surface area contributed by atoms with Crippen LogP contribution in [0.2, 0.25) is 0 Å². The number of nitrogens with one attached hydrogen (secondary N) is 1. The molecule has 1 aliphatic heterocycles. The molecular weight excluding hydrogens is 339 g/mol. The number of halogens is 2. The Morgan fingerprint density at radius 1 is 1.20 bits per heavy atom. The van der Waals surface area contributed by atoms with Gasteiger partial charge in [-0.1, -0.05) is 18.2 Å². The molecule has 0 unspecified atom stereocenters. The largest absolute Gasteiger partial charge is 0.314 e. The van der Waals surface area contributed by atoms with Crippen LogP contribution in [0.1, 0.15) is 16.5 Å². The molecule has 1 aromatic carbocycles. The van der Waals surface area contributed by atoms with Crippen LogP contribution >= 0.6 is 27.3 Å². The first-order valence-electron chi connectivity index (χ1n) is 6.69. The molecule has 1 atom stereocenters. The van der Waals surface area contributed by atoms with Crippen LogP contribution in [0.15, 0.2) is 40.2 Å². The highest BCUT2D eigenvalue weighted by Gasteiger charge is 2.27. The third kappa shape index (κ3) is 2.81. The Hall–Kier alpha value is -0.750. The van der Waals surface area contributed by atoms with Crippen molar-refractivity contribution in [2.75, 3.05) is 26.2 Å². The molecule has 0 radical (unpaired) electrons. The maximum atomic E-state index is 14.5. The van der Waals surface area contributed by atoms with E-state index in [9.17, 15) is 4.39 Å². The van der Waals surface area contributed by atoms with E-state index in [1.165, 1.54) is 4.88 Å². The zero-order valence-electron chi connectivity index (χ0n) is 11.0. The van der Waals surface area contributed by atoms with Crippen molar-refractivity contribution >= 4 is 27.3 Å². The molecule has 0 aliphatic carbocycles. The molecule has 1 aliphatic rings. The van der Waals surface area contributed by atoms with E-state index in [2.05, 4.69) is 37.6 Å². The summed E-state index contributed by atoms with van der Waals surface area (Å²) < 4.78 is 15.0. The van der Waals surface area contributed by atoms with Crippen LogP contribution in [0.5, 0.6) is 0 Å². The Morgan fingerprint density at radius 3 is 2.70 bits per heavy atom. The summed E-state index contributed by atoms with van der Waals surface area (Å²) in [6.07, 6.45) is 0. The van der Waals surface area contributed by atoms with Gasteiger partial charge in [-0.15, -0.1) is 11.3 Å². The quantitative estimate of drug-likeness (QED) is 0.904. The molecule has 2 aromatic rings. The fraction of sp³-hybridized carbons (Fsp3) is 0.333. The van der Waals surface area contributed by atoms with Crippen LogP contribution in [0, 0.1) is 5.82 Å². The average Bonchev–Trinajstić information content (AvgIpc) is 2.99. The summed E-state index contributed by atoms with van der Waals surface area (Å²) in [4.78, 5) is 3.55. The van der Waals surface area contributed by atoms with Crippen LogP contribution in [0.4, 0.5) is 4.39 Å². The van der Waals surface area contributed by atoms with Crippen LogP contribution in [0.25, 0.3) is 0 Å². The smallest absolute Gasteiger partial charge is 0.142 e. The van der Waals surface area contributed by atoms with E-state index >= 15 is 0 Å². The number of nitrogens with zero attached hydrogens (tertiary/aromatic N) is 1. The van der Waals surface area contributed by atoms with Gasteiger partial charge in [0.05, 0.1) is 10.5 Å². The zero-order valence-corrected chi connectivity index (χ0v) is 13.4. The molecule has 20 heavy (non-hydrogen) atoms. The molecule has 1 fully saturated rings. The number of thiophene rings is 1. The van der Waals surface area contributed by atoms with Gasteiger partial charge in [-0.2, -0.15) is 0 Å². The Labute approximate surface area is 130 Å². The van der Waals surface area contributed by atoms with Crippen LogP contribution in [-0.4, -0.2) is 31.1 Å². The van der Waals surface area contributed by atoms with Gasteiger partial charge in [0.2, 0.25) is 0 Å². The minimum atomic E-state index is -0.149. The summed E-state index contributed by atoms with van der Waals surface area (Å²) in [5, 5.41) is 5.41. The molecule has 3 rings (SSSR count). The van der Waals surface area contributed by atoms with Crippen molar-refractivity contribution in [2.45, 2.75) is 6.04 Å². The Bertz CT molecular complexity index is 567. The molecule has 0 spiro atoms. The second-order valence-electron chi connectivity index (χ2n) is 4.85. The van der Waals surface area contributed by atoms with E-state index in [4.69, 9.17) is 0 Å². The molecule has 2 nitrogen and oxygen atoms in total. The van der Waals surface area contributed by atoms with Crippen LogP contribution < -0.4 is 5.32 Å². The van der Waals surface area contributed by atoms with Gasteiger partial charge in [0.25, 0.3) is 0 Å². The Kier molecular flexibility index (Phi) is 4.51. The first-order chi connectivity index (χ1) is 9.77. The first-order valence-corrected chi connectivity index (χ1v) is 8.36. The standard InChI is InChI=1S/C15H16BrFN2S/c16-12-4-1-3-11(14(12)17)15(13-5-2-10-20-13)19-8-6-18-7-9-19/h1-5,10,15,18H,6-9H2/t15-/m1/s1. The van der Waals surface area contributed by atoms with Crippen molar-refractivity contribution in [1.82, 2.24) is 10.2 Å². The summed E-state index contributed by atoms with van der Waals surface area (Å²) in [6.45, 7) is 3.79. The van der Waals surface area contributed by atoms with Gasteiger partial charge >= 0.3 is 0 Å². The lowest BCUT2D eigenvalue weighted by atomic mass is 10.0. The topological polar surface area (TPSA) is 15.3 Å². The van der Waals surface area contributed by atoms with E-state index in [1.807, 2.05) is 18.2 Å².